The summed E-state index contributed by atoms with van der Waals surface area (Å²) in [6, 6.07) is 21.1. The van der Waals surface area contributed by atoms with Crippen molar-refractivity contribution in [3.05, 3.63) is 130 Å². The van der Waals surface area contributed by atoms with Gasteiger partial charge in [0.2, 0.25) is 0 Å². The van der Waals surface area contributed by atoms with Crippen LogP contribution in [0.4, 0.5) is 19.0 Å². The number of alkyl halides is 3. The molecule has 0 radical (unpaired) electrons. The number of halogens is 3. The van der Waals surface area contributed by atoms with Gasteiger partial charge in [0.15, 0.2) is 12.3 Å². The number of hydrogen-bond donors (Lipinski definition) is 2. The molecule has 1 aromatic heterocycles. The van der Waals surface area contributed by atoms with Crippen molar-refractivity contribution in [2.24, 2.45) is 5.92 Å². The van der Waals surface area contributed by atoms with E-state index in [1.54, 1.807) is 48.5 Å². The predicted octanol–water partition coefficient (Wildman–Crippen LogP) is 4.49. The van der Waals surface area contributed by atoms with E-state index < -0.39 is 78.4 Å². The zero-order chi connectivity index (χ0) is 33.6. The number of esters is 2. The zero-order valence-corrected chi connectivity index (χ0v) is 24.5. The van der Waals surface area contributed by atoms with Crippen LogP contribution in [0.2, 0.25) is 0 Å². The summed E-state index contributed by atoms with van der Waals surface area (Å²) in [6.07, 6.45) is -7.26. The lowest BCUT2D eigenvalue weighted by Gasteiger charge is -2.25. The minimum Gasteiger partial charge on any atom is -0.462 e. The van der Waals surface area contributed by atoms with Gasteiger partial charge in [0.05, 0.1) is 28.7 Å². The number of carbonyl (C=O) groups excluding carboxylic acids is 3. The van der Waals surface area contributed by atoms with Gasteiger partial charge in [-0.3, -0.25) is 9.36 Å². The van der Waals surface area contributed by atoms with Gasteiger partial charge in [0.1, 0.15) is 12.4 Å². The Morgan fingerprint density at radius 3 is 2.19 bits per heavy atom. The molecular formula is C33H28F3N3O8. The van der Waals surface area contributed by atoms with E-state index in [0.717, 1.165) is 22.8 Å². The molecule has 0 bridgehead atoms. The van der Waals surface area contributed by atoms with E-state index >= 15 is 0 Å². The Hall–Kier alpha value is -5.34. The number of benzene rings is 3. The Bertz CT molecular complexity index is 1780. The first-order chi connectivity index (χ1) is 22.5. The van der Waals surface area contributed by atoms with Gasteiger partial charge in [-0.15, -0.1) is 0 Å². The van der Waals surface area contributed by atoms with Crippen LogP contribution in [0.25, 0.3) is 0 Å². The van der Waals surface area contributed by atoms with Crippen molar-refractivity contribution in [3.8, 4) is 0 Å². The normalized spacial score (nSPS) is 19.1. The number of amides is 1. The third kappa shape index (κ3) is 7.91. The lowest BCUT2D eigenvalue weighted by Crippen LogP contribution is -2.38. The molecule has 0 unspecified atom stereocenters. The van der Waals surface area contributed by atoms with E-state index in [1.165, 1.54) is 24.4 Å². The van der Waals surface area contributed by atoms with Crippen molar-refractivity contribution in [3.63, 3.8) is 0 Å². The van der Waals surface area contributed by atoms with Crippen LogP contribution in [0, 0.1) is 5.92 Å². The molecule has 2 heterocycles. The number of aliphatic hydroxyl groups is 1. The van der Waals surface area contributed by atoms with E-state index in [2.05, 4.69) is 10.3 Å². The summed E-state index contributed by atoms with van der Waals surface area (Å²) >= 11 is 0. The highest BCUT2D eigenvalue weighted by Gasteiger charge is 2.49. The van der Waals surface area contributed by atoms with Crippen LogP contribution in [0.5, 0.6) is 0 Å². The van der Waals surface area contributed by atoms with Gasteiger partial charge in [-0.2, -0.15) is 18.2 Å². The molecule has 3 aromatic carbocycles. The summed E-state index contributed by atoms with van der Waals surface area (Å²) in [5, 5.41) is 12.3. The van der Waals surface area contributed by atoms with Crippen LogP contribution < -0.4 is 11.0 Å². The van der Waals surface area contributed by atoms with Crippen molar-refractivity contribution in [1.29, 1.82) is 0 Å². The van der Waals surface area contributed by atoms with Gasteiger partial charge >= 0.3 is 23.8 Å². The third-order valence-corrected chi connectivity index (χ3v) is 7.38. The van der Waals surface area contributed by atoms with Crippen molar-refractivity contribution in [1.82, 2.24) is 9.55 Å². The summed E-state index contributed by atoms with van der Waals surface area (Å²) in [5.41, 5.74) is -1.88. The largest absolute Gasteiger partial charge is 0.462 e. The topological polar surface area (TPSA) is 146 Å². The van der Waals surface area contributed by atoms with Gasteiger partial charge in [0, 0.05) is 18.4 Å². The second kappa shape index (κ2) is 14.4. The molecule has 1 fully saturated rings. The molecule has 0 aliphatic carbocycles. The van der Waals surface area contributed by atoms with Crippen molar-refractivity contribution in [2.45, 2.75) is 31.0 Å². The highest BCUT2D eigenvalue weighted by atomic mass is 19.4. The predicted molar refractivity (Wildman–Crippen MR) is 159 cm³/mol. The van der Waals surface area contributed by atoms with E-state index in [9.17, 15) is 37.5 Å². The molecule has 11 nitrogen and oxygen atoms in total. The summed E-state index contributed by atoms with van der Waals surface area (Å²) < 4.78 is 58.4. The highest BCUT2D eigenvalue weighted by molar-refractivity contribution is 6.03. The first-order valence-electron chi connectivity index (χ1n) is 14.4. The number of ether oxygens (including phenoxy) is 3. The number of rotatable bonds is 10. The summed E-state index contributed by atoms with van der Waals surface area (Å²) in [5.74, 6) is -3.46. The minimum absolute atomic E-state index is 0.0327. The van der Waals surface area contributed by atoms with E-state index in [4.69, 9.17) is 14.2 Å². The smallest absolute Gasteiger partial charge is 0.416 e. The van der Waals surface area contributed by atoms with E-state index in [-0.39, 0.29) is 17.8 Å². The first kappa shape index (κ1) is 33.0. The van der Waals surface area contributed by atoms with Crippen LogP contribution in [-0.4, -0.2) is 57.9 Å². The Morgan fingerprint density at radius 1 is 0.894 bits per heavy atom. The van der Waals surface area contributed by atoms with E-state index in [0.29, 0.717) is 11.6 Å². The maximum atomic E-state index is 13.4. The fourth-order valence-corrected chi connectivity index (χ4v) is 5.06. The number of aliphatic hydroxyl groups excluding tert-OH is 1. The zero-order valence-electron chi connectivity index (χ0n) is 24.5. The van der Waals surface area contributed by atoms with E-state index in [1.807, 2.05) is 0 Å². The van der Waals surface area contributed by atoms with Crippen molar-refractivity contribution in [2.75, 3.05) is 18.5 Å². The lowest BCUT2D eigenvalue weighted by atomic mass is 9.96. The molecule has 4 aromatic rings. The average molecular weight is 652 g/mol. The summed E-state index contributed by atoms with van der Waals surface area (Å²) in [4.78, 5) is 55.7. The molecule has 1 aliphatic rings. The Morgan fingerprint density at radius 2 is 1.55 bits per heavy atom. The molecule has 5 rings (SSSR count). The average Bonchev–Trinajstić information content (AvgIpc) is 3.40. The molecule has 4 atom stereocenters. The van der Waals surface area contributed by atoms with Gasteiger partial charge in [-0.25, -0.2) is 14.4 Å². The number of hydrogen-bond acceptors (Lipinski definition) is 9. The molecule has 1 amide bonds. The van der Waals surface area contributed by atoms with Gasteiger partial charge in [-0.1, -0.05) is 42.5 Å². The molecule has 14 heteroatoms. The van der Waals surface area contributed by atoms with Crippen LogP contribution in [0.15, 0.2) is 102 Å². The first-order valence-corrected chi connectivity index (χ1v) is 14.4. The van der Waals surface area contributed by atoms with Gasteiger partial charge < -0.3 is 24.6 Å². The molecule has 1 saturated heterocycles. The van der Waals surface area contributed by atoms with Gasteiger partial charge in [0.25, 0.3) is 5.91 Å². The Labute approximate surface area is 265 Å². The molecule has 47 heavy (non-hydrogen) atoms. The molecule has 244 valence electrons. The number of nitrogens with one attached hydrogen (secondary N) is 1. The van der Waals surface area contributed by atoms with Crippen LogP contribution in [0.3, 0.4) is 0 Å². The third-order valence-electron chi connectivity index (χ3n) is 7.38. The molecule has 1 aliphatic heterocycles. The minimum atomic E-state index is -4.73. The maximum absolute atomic E-state index is 13.4. The number of nitrogens with zero attached hydrogens (tertiary/aromatic N) is 2. The quantitative estimate of drug-likeness (QED) is 0.237. The highest BCUT2D eigenvalue weighted by Crippen LogP contribution is 2.38. The second-order valence-corrected chi connectivity index (χ2v) is 10.5. The van der Waals surface area contributed by atoms with Gasteiger partial charge in [-0.05, 0) is 55.0 Å². The standard InChI is InChI=1S/C33H28F3N3O8/c34-33(35,36)23-13-7-12-22(18-23)31(43)47-27-24(19-45-30(42)21-10-5-2-6-11-21)25(15-17-40)46-29(27)39-16-14-26(38-32(39)44)37-28(41)20-8-3-1-4-9-20/h1-14,16,18,24-25,27,29,40H,15,17,19H2,(H,37,38,41,44)/t24-,25-,27-,29-/m1/s1. The summed E-state index contributed by atoms with van der Waals surface area (Å²) in [7, 11) is 0. The number of anilines is 1. The van der Waals surface area contributed by atoms with Crippen molar-refractivity contribution < 1.29 is 46.9 Å². The number of aromatic nitrogens is 2. The SMILES string of the molecule is O=C(Nc1ccn([C@@H]2O[C@H](CCO)[C@@H](COC(=O)c3ccccc3)[C@H]2OC(=O)c2cccc(C(F)(F)F)c2)c(=O)n1)c1ccccc1. The fraction of sp³-hybridized carbons (Fsp3) is 0.242. The fourth-order valence-electron chi connectivity index (χ4n) is 5.06. The van der Waals surface area contributed by atoms with Crippen molar-refractivity contribution >= 4 is 23.7 Å². The number of carbonyl (C=O) groups is 3. The summed E-state index contributed by atoms with van der Waals surface area (Å²) in [6.45, 7) is -0.796. The molecule has 0 saturated carbocycles. The lowest BCUT2D eigenvalue weighted by molar-refractivity contribution is -0.137. The van der Waals surface area contributed by atoms with Crippen LogP contribution in [0.1, 0.15) is 49.3 Å². The molecule has 2 N–H and O–H groups in total. The maximum Gasteiger partial charge on any atom is 0.416 e. The Balaban J connectivity index is 1.45. The monoisotopic (exact) mass is 651 g/mol. The Kier molecular flexibility index (Phi) is 10.1. The second-order valence-electron chi connectivity index (χ2n) is 10.5. The van der Waals surface area contributed by atoms with Crippen LogP contribution >= 0.6 is 0 Å². The molecular weight excluding hydrogens is 623 g/mol. The molecule has 0 spiro atoms. The van der Waals surface area contributed by atoms with Crippen LogP contribution in [-0.2, 0) is 20.4 Å².